The van der Waals surface area contributed by atoms with Crippen molar-refractivity contribution < 1.29 is 17.9 Å². The van der Waals surface area contributed by atoms with Gasteiger partial charge in [0.2, 0.25) is 0 Å². The number of nitrogens with one attached hydrogen (secondary N) is 1. The monoisotopic (exact) mass is 326 g/mol. The van der Waals surface area contributed by atoms with E-state index in [-0.39, 0.29) is 11.3 Å². The second kappa shape index (κ2) is 5.21. The molecule has 1 aromatic heterocycles. The number of rotatable bonds is 2. The van der Waals surface area contributed by atoms with Crippen LogP contribution < -0.4 is 4.74 Å². The van der Waals surface area contributed by atoms with Crippen molar-refractivity contribution in [3.05, 3.63) is 47.0 Å². The van der Waals surface area contributed by atoms with Crippen LogP contribution in [-0.4, -0.2) is 17.1 Å². The first-order valence-corrected chi connectivity index (χ1v) is 6.68. The summed E-state index contributed by atoms with van der Waals surface area (Å²) >= 11 is 6.14. The van der Waals surface area contributed by atoms with Gasteiger partial charge in [-0.1, -0.05) is 17.7 Å². The minimum absolute atomic E-state index is 0.128. The molecule has 22 heavy (non-hydrogen) atoms. The highest BCUT2D eigenvalue weighted by molar-refractivity contribution is 6.33. The summed E-state index contributed by atoms with van der Waals surface area (Å²) in [5.41, 5.74) is -0.0995. The Hall–Kier alpha value is -2.21. The van der Waals surface area contributed by atoms with Gasteiger partial charge in [0, 0.05) is 5.56 Å². The lowest BCUT2D eigenvalue weighted by Crippen LogP contribution is -2.05. The molecule has 3 rings (SSSR count). The quantitative estimate of drug-likeness (QED) is 0.726. The number of alkyl halides is 3. The van der Waals surface area contributed by atoms with Gasteiger partial charge < -0.3 is 9.72 Å². The molecule has 0 aliphatic heterocycles. The Kier molecular flexibility index (Phi) is 3.48. The van der Waals surface area contributed by atoms with Crippen LogP contribution in [0.4, 0.5) is 13.2 Å². The Morgan fingerprint density at radius 2 is 1.95 bits per heavy atom. The number of para-hydroxylation sites is 1. The lowest BCUT2D eigenvalue weighted by molar-refractivity contribution is -0.136. The maximum absolute atomic E-state index is 13.0. The van der Waals surface area contributed by atoms with Crippen LogP contribution in [0.3, 0.4) is 0 Å². The lowest BCUT2D eigenvalue weighted by Gasteiger charge is -2.06. The Labute approximate surface area is 128 Å². The average Bonchev–Trinajstić information content (AvgIpc) is 2.89. The van der Waals surface area contributed by atoms with Crippen molar-refractivity contribution in [2.45, 2.75) is 6.18 Å². The molecule has 0 unspecified atom stereocenters. The van der Waals surface area contributed by atoms with Crippen LogP contribution in [0.2, 0.25) is 5.02 Å². The molecule has 3 nitrogen and oxygen atoms in total. The Balaban J connectivity index is 2.17. The number of H-pyrrole nitrogens is 1. The minimum atomic E-state index is -4.46. The Bertz CT molecular complexity index is 842. The predicted molar refractivity (Wildman–Crippen MR) is 78.1 cm³/mol. The molecule has 0 aliphatic carbocycles. The summed E-state index contributed by atoms with van der Waals surface area (Å²) < 4.78 is 44.1. The predicted octanol–water partition coefficient (Wildman–Crippen LogP) is 4.91. The summed E-state index contributed by atoms with van der Waals surface area (Å²) in [6.07, 6.45) is -4.46. The first-order chi connectivity index (χ1) is 10.4. The van der Waals surface area contributed by atoms with E-state index in [9.17, 15) is 13.2 Å². The SMILES string of the molecule is COc1ccc(-c2nc3c(C(F)(F)F)cccc3[nH]2)c(Cl)c1. The number of aromatic nitrogens is 2. The van der Waals surface area contributed by atoms with Crippen LogP contribution in [-0.2, 0) is 6.18 Å². The maximum Gasteiger partial charge on any atom is 0.418 e. The number of methoxy groups -OCH3 is 1. The first kappa shape index (κ1) is 14.7. The van der Waals surface area contributed by atoms with Gasteiger partial charge in [-0.25, -0.2) is 4.98 Å². The van der Waals surface area contributed by atoms with Crippen LogP contribution in [0.25, 0.3) is 22.4 Å². The highest BCUT2D eigenvalue weighted by Gasteiger charge is 2.33. The van der Waals surface area contributed by atoms with Gasteiger partial charge >= 0.3 is 6.18 Å². The van der Waals surface area contributed by atoms with Crippen molar-refractivity contribution in [3.63, 3.8) is 0 Å². The number of hydrogen-bond donors (Lipinski definition) is 1. The molecule has 0 bridgehead atoms. The van der Waals surface area contributed by atoms with Gasteiger partial charge in [0.05, 0.1) is 23.2 Å². The van der Waals surface area contributed by atoms with Gasteiger partial charge in [0.15, 0.2) is 0 Å². The fraction of sp³-hybridized carbons (Fsp3) is 0.133. The fourth-order valence-electron chi connectivity index (χ4n) is 2.20. The molecular formula is C15H10ClF3N2O. The molecule has 0 saturated heterocycles. The third-order valence-electron chi connectivity index (χ3n) is 3.25. The summed E-state index contributed by atoms with van der Waals surface area (Å²) in [5.74, 6) is 0.834. The molecule has 114 valence electrons. The molecule has 0 atom stereocenters. The van der Waals surface area contributed by atoms with Gasteiger partial charge in [-0.15, -0.1) is 0 Å². The van der Waals surface area contributed by atoms with Crippen LogP contribution in [0, 0.1) is 0 Å². The fourth-order valence-corrected chi connectivity index (χ4v) is 2.46. The molecule has 0 saturated carbocycles. The summed E-state index contributed by atoms with van der Waals surface area (Å²) in [6, 6.07) is 8.77. The van der Waals surface area contributed by atoms with Gasteiger partial charge in [0.25, 0.3) is 0 Å². The maximum atomic E-state index is 13.0. The third-order valence-corrected chi connectivity index (χ3v) is 3.56. The van der Waals surface area contributed by atoms with Crippen molar-refractivity contribution >= 4 is 22.6 Å². The van der Waals surface area contributed by atoms with E-state index in [1.54, 1.807) is 24.3 Å². The highest BCUT2D eigenvalue weighted by Crippen LogP contribution is 2.36. The van der Waals surface area contributed by atoms with E-state index in [1.807, 2.05) is 0 Å². The average molecular weight is 327 g/mol. The van der Waals surface area contributed by atoms with E-state index < -0.39 is 11.7 Å². The molecule has 0 fully saturated rings. The van der Waals surface area contributed by atoms with E-state index in [0.29, 0.717) is 21.9 Å². The van der Waals surface area contributed by atoms with Crippen LogP contribution in [0.5, 0.6) is 5.75 Å². The second-order valence-electron chi connectivity index (χ2n) is 4.63. The van der Waals surface area contributed by atoms with Crippen LogP contribution in [0.15, 0.2) is 36.4 Å². The minimum Gasteiger partial charge on any atom is -0.497 e. The van der Waals surface area contributed by atoms with E-state index in [1.165, 1.54) is 13.2 Å². The molecule has 1 N–H and O–H groups in total. The molecule has 7 heteroatoms. The highest BCUT2D eigenvalue weighted by atomic mass is 35.5. The lowest BCUT2D eigenvalue weighted by atomic mass is 10.2. The van der Waals surface area contributed by atoms with E-state index in [0.717, 1.165) is 6.07 Å². The van der Waals surface area contributed by atoms with Gasteiger partial charge in [-0.3, -0.25) is 0 Å². The Morgan fingerprint density at radius 3 is 2.59 bits per heavy atom. The Morgan fingerprint density at radius 1 is 1.18 bits per heavy atom. The largest absolute Gasteiger partial charge is 0.497 e. The van der Waals surface area contributed by atoms with E-state index in [4.69, 9.17) is 16.3 Å². The molecule has 0 aliphatic rings. The number of benzene rings is 2. The summed E-state index contributed by atoms with van der Waals surface area (Å²) in [4.78, 5) is 6.93. The number of imidazole rings is 1. The molecule has 0 amide bonds. The summed E-state index contributed by atoms with van der Waals surface area (Å²) in [6.45, 7) is 0. The zero-order chi connectivity index (χ0) is 15.9. The molecule has 2 aromatic carbocycles. The number of hydrogen-bond acceptors (Lipinski definition) is 2. The topological polar surface area (TPSA) is 37.9 Å². The van der Waals surface area contributed by atoms with Gasteiger partial charge in [-0.05, 0) is 30.3 Å². The van der Waals surface area contributed by atoms with Crippen molar-refractivity contribution in [1.29, 1.82) is 0 Å². The van der Waals surface area contributed by atoms with Crippen molar-refractivity contribution in [2.75, 3.05) is 7.11 Å². The zero-order valence-corrected chi connectivity index (χ0v) is 12.1. The van der Waals surface area contributed by atoms with Crippen molar-refractivity contribution in [3.8, 4) is 17.1 Å². The van der Waals surface area contributed by atoms with E-state index >= 15 is 0 Å². The summed E-state index contributed by atoms with van der Waals surface area (Å²) in [5, 5.41) is 0.340. The van der Waals surface area contributed by atoms with Crippen LogP contribution in [0.1, 0.15) is 5.56 Å². The normalized spacial score (nSPS) is 11.9. The number of ether oxygens (including phenoxy) is 1. The number of nitrogens with zero attached hydrogens (tertiary/aromatic N) is 1. The third kappa shape index (κ3) is 2.50. The smallest absolute Gasteiger partial charge is 0.418 e. The zero-order valence-electron chi connectivity index (χ0n) is 11.3. The van der Waals surface area contributed by atoms with Crippen molar-refractivity contribution in [2.24, 2.45) is 0 Å². The summed E-state index contributed by atoms with van der Waals surface area (Å²) in [7, 11) is 1.50. The second-order valence-corrected chi connectivity index (χ2v) is 5.04. The molecule has 3 aromatic rings. The first-order valence-electron chi connectivity index (χ1n) is 6.30. The number of halogens is 4. The molecule has 0 spiro atoms. The van der Waals surface area contributed by atoms with E-state index in [2.05, 4.69) is 9.97 Å². The standard InChI is InChI=1S/C15H10ClF3N2O/c1-22-8-5-6-9(11(16)7-8)14-20-12-4-2-3-10(13(12)21-14)15(17,18)19/h2-7H,1H3,(H,20,21). The molecule has 0 radical (unpaired) electrons. The number of fused-ring (bicyclic) bond motifs is 1. The van der Waals surface area contributed by atoms with Crippen LogP contribution >= 0.6 is 11.6 Å². The van der Waals surface area contributed by atoms with Gasteiger partial charge in [0.1, 0.15) is 17.1 Å². The molecular weight excluding hydrogens is 317 g/mol. The number of aromatic amines is 1. The van der Waals surface area contributed by atoms with Gasteiger partial charge in [-0.2, -0.15) is 13.2 Å². The van der Waals surface area contributed by atoms with Crippen molar-refractivity contribution in [1.82, 2.24) is 9.97 Å². The molecule has 1 heterocycles.